The molecule has 5 rings (SSSR count). The molecule has 1 N–H and O–H groups in total. The number of rotatable bonds is 8. The summed E-state index contributed by atoms with van der Waals surface area (Å²) < 4.78 is 5.71. The summed E-state index contributed by atoms with van der Waals surface area (Å²) in [5.41, 5.74) is 6.27. The Hall–Kier alpha value is -4.95. The first-order chi connectivity index (χ1) is 18.5. The fourth-order valence-corrected chi connectivity index (χ4v) is 4.65. The molecular weight excluding hydrogens is 467 g/mol. The molecule has 5 heteroatoms. The van der Waals surface area contributed by atoms with E-state index in [1.807, 2.05) is 24.3 Å². The van der Waals surface area contributed by atoms with Gasteiger partial charge < -0.3 is 14.7 Å². The molecule has 0 saturated heterocycles. The minimum atomic E-state index is 0.00638. The molecule has 0 bridgehead atoms. The minimum absolute atomic E-state index is 0.00638. The Morgan fingerprint density at radius 1 is 0.974 bits per heavy atom. The summed E-state index contributed by atoms with van der Waals surface area (Å²) in [5, 5.41) is 22.1. The quantitative estimate of drug-likeness (QED) is 0.153. The maximum atomic E-state index is 11.0. The zero-order valence-electron chi connectivity index (χ0n) is 21.0. The second-order valence-corrected chi connectivity index (χ2v) is 9.05. The summed E-state index contributed by atoms with van der Waals surface area (Å²) in [6.45, 7) is 7.49. The minimum Gasteiger partial charge on any atom is -0.555 e. The Labute approximate surface area is 224 Å². The SMILES string of the molecule is C=C([B]Oc1ccc(N(c2cccc3c2CCC=C3)c2cccc3ccccc23)cc1O)/C=C\C(=C)C#N. The number of fused-ring (bicyclic) bond motifs is 2. The second-order valence-electron chi connectivity index (χ2n) is 9.05. The molecule has 4 aromatic carbocycles. The van der Waals surface area contributed by atoms with Crippen LogP contribution in [0.3, 0.4) is 0 Å². The fraction of sp³-hybridized carbons (Fsp3) is 0.0606. The van der Waals surface area contributed by atoms with Gasteiger partial charge in [-0.3, -0.25) is 0 Å². The number of phenols is 1. The van der Waals surface area contributed by atoms with Crippen molar-refractivity contribution in [1.82, 2.24) is 0 Å². The lowest BCUT2D eigenvalue weighted by molar-refractivity contribution is 0.444. The summed E-state index contributed by atoms with van der Waals surface area (Å²) in [6.07, 6.45) is 9.51. The first-order valence-corrected chi connectivity index (χ1v) is 12.4. The smallest absolute Gasteiger partial charge is 0.408 e. The Kier molecular flexibility index (Phi) is 7.15. The van der Waals surface area contributed by atoms with Crippen LogP contribution in [0.15, 0.2) is 121 Å². The van der Waals surface area contributed by atoms with E-state index in [-0.39, 0.29) is 5.75 Å². The third kappa shape index (κ3) is 5.12. The van der Waals surface area contributed by atoms with E-state index in [4.69, 9.17) is 9.92 Å². The third-order valence-corrected chi connectivity index (χ3v) is 6.47. The van der Waals surface area contributed by atoms with Crippen molar-refractivity contribution < 1.29 is 9.76 Å². The molecule has 0 aromatic heterocycles. The number of phenolic OH excluding ortho intramolecular Hbond substituents is 1. The van der Waals surface area contributed by atoms with E-state index in [2.05, 4.69) is 78.7 Å². The standard InChI is InChI=1S/C33H26BN2O2/c1-23(22-35)17-18-24(2)34-38-33-20-19-27(21-32(33)37)36(30-15-7-11-25-9-3-5-13-28(25)30)31-16-8-12-26-10-4-6-14-29(26)31/h3-5,7-13,15-21,37H,1-2,6,14H2/b18-17-. The van der Waals surface area contributed by atoms with Gasteiger partial charge in [-0.1, -0.05) is 73.3 Å². The number of anilines is 3. The monoisotopic (exact) mass is 493 g/mol. The van der Waals surface area contributed by atoms with Gasteiger partial charge in [-0.15, -0.1) is 6.58 Å². The lowest BCUT2D eigenvalue weighted by Crippen LogP contribution is -2.14. The van der Waals surface area contributed by atoms with Crippen molar-refractivity contribution in [2.24, 2.45) is 0 Å². The van der Waals surface area contributed by atoms with Gasteiger partial charge in [-0.05, 0) is 65.2 Å². The Bertz CT molecular complexity index is 1640. The van der Waals surface area contributed by atoms with Crippen LogP contribution in [0.4, 0.5) is 17.1 Å². The van der Waals surface area contributed by atoms with E-state index < -0.39 is 0 Å². The predicted octanol–water partition coefficient (Wildman–Crippen LogP) is 8.12. The molecule has 1 radical (unpaired) electrons. The van der Waals surface area contributed by atoms with E-state index in [1.165, 1.54) is 18.6 Å². The van der Waals surface area contributed by atoms with Crippen molar-refractivity contribution in [3.8, 4) is 17.6 Å². The Balaban J connectivity index is 1.55. The number of nitrogens with zero attached hydrogens (tertiary/aromatic N) is 2. The van der Waals surface area contributed by atoms with E-state index in [0.29, 0.717) is 16.8 Å². The van der Waals surface area contributed by atoms with Crippen LogP contribution >= 0.6 is 0 Å². The fourth-order valence-electron chi connectivity index (χ4n) is 4.65. The van der Waals surface area contributed by atoms with Crippen molar-refractivity contribution in [2.45, 2.75) is 12.8 Å². The highest BCUT2D eigenvalue weighted by Crippen LogP contribution is 2.44. The Morgan fingerprint density at radius 3 is 2.61 bits per heavy atom. The molecule has 0 fully saturated rings. The lowest BCUT2D eigenvalue weighted by atomic mass is 9.88. The van der Waals surface area contributed by atoms with Crippen LogP contribution in [0, 0.1) is 11.3 Å². The molecule has 0 saturated carbocycles. The number of hydrogen-bond donors (Lipinski definition) is 1. The normalized spacial score (nSPS) is 12.1. The summed E-state index contributed by atoms with van der Waals surface area (Å²) in [6, 6.07) is 28.3. The summed E-state index contributed by atoms with van der Waals surface area (Å²) in [5.74, 6) is 0.310. The average molecular weight is 493 g/mol. The molecule has 0 amide bonds. The van der Waals surface area contributed by atoms with Gasteiger partial charge in [-0.25, -0.2) is 0 Å². The molecule has 0 heterocycles. The van der Waals surface area contributed by atoms with E-state index in [1.54, 1.807) is 24.3 Å². The van der Waals surface area contributed by atoms with Crippen LogP contribution in [0.5, 0.6) is 11.5 Å². The summed E-state index contributed by atoms with van der Waals surface area (Å²) in [4.78, 5) is 2.21. The van der Waals surface area contributed by atoms with Crippen LogP contribution in [-0.2, 0) is 6.42 Å². The maximum Gasteiger partial charge on any atom is 0.408 e. The second kappa shape index (κ2) is 11.0. The number of nitriles is 1. The molecule has 4 nitrogen and oxygen atoms in total. The molecule has 1 aliphatic rings. The topological polar surface area (TPSA) is 56.5 Å². The van der Waals surface area contributed by atoms with Gasteiger partial charge >= 0.3 is 7.48 Å². The van der Waals surface area contributed by atoms with Crippen molar-refractivity contribution >= 4 is 41.4 Å². The van der Waals surface area contributed by atoms with Crippen LogP contribution in [0.25, 0.3) is 16.8 Å². The molecule has 0 aliphatic heterocycles. The van der Waals surface area contributed by atoms with Gasteiger partial charge in [0.05, 0.1) is 17.4 Å². The molecule has 38 heavy (non-hydrogen) atoms. The molecule has 183 valence electrons. The highest BCUT2D eigenvalue weighted by Gasteiger charge is 2.21. The van der Waals surface area contributed by atoms with Crippen LogP contribution in [0.2, 0.25) is 0 Å². The van der Waals surface area contributed by atoms with Gasteiger partial charge in [0, 0.05) is 22.7 Å². The Morgan fingerprint density at radius 2 is 1.76 bits per heavy atom. The average Bonchev–Trinajstić information content (AvgIpc) is 2.96. The lowest BCUT2D eigenvalue weighted by Gasteiger charge is -2.30. The molecular formula is C33H26BN2O2. The van der Waals surface area contributed by atoms with Crippen molar-refractivity contribution in [2.75, 3.05) is 4.90 Å². The third-order valence-electron chi connectivity index (χ3n) is 6.47. The number of benzene rings is 4. The number of allylic oxidation sites excluding steroid dienone is 5. The molecule has 0 atom stereocenters. The van der Waals surface area contributed by atoms with Crippen molar-refractivity contribution in [3.63, 3.8) is 0 Å². The van der Waals surface area contributed by atoms with Crippen molar-refractivity contribution in [3.05, 3.63) is 132 Å². The molecule has 1 aliphatic carbocycles. The highest BCUT2D eigenvalue weighted by molar-refractivity contribution is 6.40. The molecule has 0 unspecified atom stereocenters. The first kappa shape index (κ1) is 24.7. The largest absolute Gasteiger partial charge is 0.555 e. The van der Waals surface area contributed by atoms with Gasteiger partial charge in [-0.2, -0.15) is 5.26 Å². The zero-order valence-corrected chi connectivity index (χ0v) is 21.0. The van der Waals surface area contributed by atoms with Gasteiger partial charge in [0.25, 0.3) is 0 Å². The van der Waals surface area contributed by atoms with E-state index >= 15 is 0 Å². The van der Waals surface area contributed by atoms with E-state index in [0.717, 1.165) is 40.7 Å². The van der Waals surface area contributed by atoms with Gasteiger partial charge in [0.1, 0.15) is 5.75 Å². The number of hydrogen-bond acceptors (Lipinski definition) is 4. The molecule has 0 spiro atoms. The summed E-state index contributed by atoms with van der Waals surface area (Å²) >= 11 is 0. The van der Waals surface area contributed by atoms with Crippen LogP contribution in [0.1, 0.15) is 17.5 Å². The van der Waals surface area contributed by atoms with Crippen LogP contribution in [-0.4, -0.2) is 12.6 Å². The van der Waals surface area contributed by atoms with E-state index in [9.17, 15) is 5.11 Å². The van der Waals surface area contributed by atoms with Crippen molar-refractivity contribution in [1.29, 1.82) is 5.26 Å². The number of aromatic hydroxyl groups is 1. The highest BCUT2D eigenvalue weighted by atomic mass is 16.4. The van der Waals surface area contributed by atoms with Crippen LogP contribution < -0.4 is 9.55 Å². The van der Waals surface area contributed by atoms with Gasteiger partial charge in [0.15, 0.2) is 5.75 Å². The molecule has 4 aromatic rings. The maximum absolute atomic E-state index is 11.0. The first-order valence-electron chi connectivity index (χ1n) is 12.4. The predicted molar refractivity (Wildman–Crippen MR) is 157 cm³/mol. The van der Waals surface area contributed by atoms with Gasteiger partial charge in [0.2, 0.25) is 0 Å². The summed E-state index contributed by atoms with van der Waals surface area (Å²) in [7, 11) is 1.43. The zero-order chi connectivity index (χ0) is 26.5.